The molecule has 2 aromatic carbocycles. The Morgan fingerprint density at radius 3 is 2.35 bits per heavy atom. The van der Waals surface area contributed by atoms with E-state index in [1.54, 1.807) is 19.2 Å². The average molecular weight is 354 g/mol. The topological polar surface area (TPSA) is 49.4 Å². The third kappa shape index (κ3) is 3.93. The van der Waals surface area contributed by atoms with E-state index in [1.165, 1.54) is 17.0 Å². The Morgan fingerprint density at radius 2 is 1.73 bits per heavy atom. The summed E-state index contributed by atoms with van der Waals surface area (Å²) in [6.07, 6.45) is 0.743. The van der Waals surface area contributed by atoms with Crippen LogP contribution in [-0.4, -0.2) is 30.3 Å². The summed E-state index contributed by atoms with van der Waals surface area (Å²) in [5, 5.41) is 2.90. The van der Waals surface area contributed by atoms with Crippen molar-refractivity contribution in [1.82, 2.24) is 4.90 Å². The second kappa shape index (κ2) is 7.28. The molecule has 1 fully saturated rings. The lowest BCUT2D eigenvalue weighted by Crippen LogP contribution is -2.36. The van der Waals surface area contributed by atoms with Crippen LogP contribution in [0, 0.1) is 25.6 Å². The molecule has 3 rings (SSSR count). The van der Waals surface area contributed by atoms with E-state index in [-0.39, 0.29) is 36.0 Å². The summed E-state index contributed by atoms with van der Waals surface area (Å²) in [5.74, 6) is -0.545. The quantitative estimate of drug-likeness (QED) is 0.891. The Bertz CT molecular complexity index is 812. The molecular formula is C21H23FN2O2. The molecule has 0 aromatic heterocycles. The summed E-state index contributed by atoms with van der Waals surface area (Å²) in [7, 11) is 1.65. The van der Waals surface area contributed by atoms with E-state index in [0.717, 1.165) is 28.8 Å². The molecule has 26 heavy (non-hydrogen) atoms. The van der Waals surface area contributed by atoms with Crippen LogP contribution in [0.15, 0.2) is 42.5 Å². The zero-order valence-electron chi connectivity index (χ0n) is 15.3. The number of likely N-dealkylation sites (N-methyl/N-ethyl adjacent to an activating group) is 1. The molecule has 0 aliphatic heterocycles. The number of benzene rings is 2. The van der Waals surface area contributed by atoms with Crippen molar-refractivity contribution in [3.63, 3.8) is 0 Å². The van der Waals surface area contributed by atoms with Crippen LogP contribution in [0.2, 0.25) is 0 Å². The number of nitrogens with zero attached hydrogens (tertiary/aromatic N) is 1. The Balaban J connectivity index is 1.56. The van der Waals surface area contributed by atoms with Crippen LogP contribution in [0.1, 0.15) is 29.0 Å². The molecule has 2 aromatic rings. The highest BCUT2D eigenvalue weighted by Crippen LogP contribution is 2.48. The summed E-state index contributed by atoms with van der Waals surface area (Å²) in [5.41, 5.74) is 3.75. The SMILES string of the molecule is Cc1cccc(C)c1NC(=O)CN(C)C(=O)[C@H]1C[C@@H]1c1ccc(F)cc1. The Labute approximate surface area is 153 Å². The second-order valence-corrected chi connectivity index (χ2v) is 7.01. The fourth-order valence-electron chi connectivity index (χ4n) is 3.31. The number of carbonyl (C=O) groups excluding carboxylic acids is 2. The molecule has 136 valence electrons. The van der Waals surface area contributed by atoms with Crippen molar-refractivity contribution >= 4 is 17.5 Å². The zero-order valence-corrected chi connectivity index (χ0v) is 15.3. The van der Waals surface area contributed by atoms with E-state index in [4.69, 9.17) is 0 Å². The number of nitrogens with one attached hydrogen (secondary N) is 1. The van der Waals surface area contributed by atoms with Gasteiger partial charge in [-0.1, -0.05) is 30.3 Å². The smallest absolute Gasteiger partial charge is 0.243 e. The molecule has 0 heterocycles. The third-order valence-electron chi connectivity index (χ3n) is 4.91. The minimum Gasteiger partial charge on any atom is -0.336 e. The largest absolute Gasteiger partial charge is 0.336 e. The van der Waals surface area contributed by atoms with Gasteiger partial charge in [0, 0.05) is 18.7 Å². The van der Waals surface area contributed by atoms with Gasteiger partial charge in [-0.3, -0.25) is 9.59 Å². The maximum absolute atomic E-state index is 13.0. The minimum atomic E-state index is -0.280. The van der Waals surface area contributed by atoms with Gasteiger partial charge in [0.05, 0.1) is 6.54 Å². The van der Waals surface area contributed by atoms with Crippen molar-refractivity contribution in [3.05, 3.63) is 65.0 Å². The predicted molar refractivity (Wildman–Crippen MR) is 99.4 cm³/mol. The first kappa shape index (κ1) is 18.1. The fourth-order valence-corrected chi connectivity index (χ4v) is 3.31. The Kier molecular flexibility index (Phi) is 5.07. The molecule has 1 saturated carbocycles. The lowest BCUT2D eigenvalue weighted by Gasteiger charge is -2.18. The van der Waals surface area contributed by atoms with Gasteiger partial charge in [0.15, 0.2) is 0 Å². The summed E-state index contributed by atoms with van der Waals surface area (Å²) < 4.78 is 13.0. The number of hydrogen-bond acceptors (Lipinski definition) is 2. The van der Waals surface area contributed by atoms with Gasteiger partial charge in [-0.2, -0.15) is 0 Å². The van der Waals surface area contributed by atoms with Gasteiger partial charge < -0.3 is 10.2 Å². The molecule has 2 atom stereocenters. The van der Waals surface area contributed by atoms with Crippen LogP contribution in [0.5, 0.6) is 0 Å². The first-order valence-corrected chi connectivity index (χ1v) is 8.73. The van der Waals surface area contributed by atoms with Gasteiger partial charge in [-0.25, -0.2) is 4.39 Å². The van der Waals surface area contributed by atoms with E-state index in [2.05, 4.69) is 5.32 Å². The van der Waals surface area contributed by atoms with Crippen molar-refractivity contribution in [2.45, 2.75) is 26.2 Å². The highest BCUT2D eigenvalue weighted by Gasteiger charge is 2.45. The first-order chi connectivity index (χ1) is 12.4. The van der Waals surface area contributed by atoms with Crippen LogP contribution in [-0.2, 0) is 9.59 Å². The van der Waals surface area contributed by atoms with Gasteiger partial charge >= 0.3 is 0 Å². The van der Waals surface area contributed by atoms with Crippen LogP contribution in [0.25, 0.3) is 0 Å². The van der Waals surface area contributed by atoms with E-state index in [9.17, 15) is 14.0 Å². The Hall–Kier alpha value is -2.69. The number of hydrogen-bond donors (Lipinski definition) is 1. The number of amides is 2. The van der Waals surface area contributed by atoms with Crippen molar-refractivity contribution in [1.29, 1.82) is 0 Å². The van der Waals surface area contributed by atoms with E-state index in [0.29, 0.717) is 0 Å². The standard InChI is InChI=1S/C21H23FN2O2/c1-13-5-4-6-14(2)20(13)23-19(25)12-24(3)21(26)18-11-17(18)15-7-9-16(22)10-8-15/h4-10,17-18H,11-12H2,1-3H3,(H,23,25)/t17-,18+/m1/s1. The number of anilines is 1. The molecule has 0 radical (unpaired) electrons. The van der Waals surface area contributed by atoms with Crippen LogP contribution in [0.4, 0.5) is 10.1 Å². The summed E-state index contributed by atoms with van der Waals surface area (Å²) in [6.45, 7) is 3.89. The number of para-hydroxylation sites is 1. The van der Waals surface area contributed by atoms with Crippen molar-refractivity contribution in [2.75, 3.05) is 18.9 Å². The highest BCUT2D eigenvalue weighted by atomic mass is 19.1. The van der Waals surface area contributed by atoms with Gasteiger partial charge in [0.25, 0.3) is 0 Å². The van der Waals surface area contributed by atoms with Crippen LogP contribution < -0.4 is 5.32 Å². The molecule has 0 unspecified atom stereocenters. The van der Waals surface area contributed by atoms with Crippen molar-refractivity contribution < 1.29 is 14.0 Å². The first-order valence-electron chi connectivity index (χ1n) is 8.73. The van der Waals surface area contributed by atoms with Gasteiger partial charge in [-0.15, -0.1) is 0 Å². The average Bonchev–Trinajstić information content (AvgIpc) is 3.39. The lowest BCUT2D eigenvalue weighted by molar-refractivity contribution is -0.134. The molecule has 0 saturated heterocycles. The molecule has 0 spiro atoms. The molecule has 0 bridgehead atoms. The molecule has 5 heteroatoms. The van der Waals surface area contributed by atoms with Crippen LogP contribution in [0.3, 0.4) is 0 Å². The van der Waals surface area contributed by atoms with Crippen molar-refractivity contribution in [3.8, 4) is 0 Å². The van der Waals surface area contributed by atoms with Gasteiger partial charge in [-0.05, 0) is 55.0 Å². The summed E-state index contributed by atoms with van der Waals surface area (Å²) >= 11 is 0. The summed E-state index contributed by atoms with van der Waals surface area (Å²) in [6, 6.07) is 12.1. The minimum absolute atomic E-state index is 0.0131. The molecule has 1 N–H and O–H groups in total. The normalized spacial score (nSPS) is 18.3. The molecule has 2 amide bonds. The van der Waals surface area contributed by atoms with E-state index in [1.807, 2.05) is 32.0 Å². The number of rotatable bonds is 5. The van der Waals surface area contributed by atoms with Crippen LogP contribution >= 0.6 is 0 Å². The summed E-state index contributed by atoms with van der Waals surface area (Å²) in [4.78, 5) is 26.3. The van der Waals surface area contributed by atoms with Crippen molar-refractivity contribution in [2.24, 2.45) is 5.92 Å². The van der Waals surface area contributed by atoms with Gasteiger partial charge in [0.2, 0.25) is 11.8 Å². The zero-order chi connectivity index (χ0) is 18.8. The molecular weight excluding hydrogens is 331 g/mol. The lowest BCUT2D eigenvalue weighted by atomic mass is 10.1. The second-order valence-electron chi connectivity index (χ2n) is 7.01. The molecule has 1 aliphatic rings. The monoisotopic (exact) mass is 354 g/mol. The maximum Gasteiger partial charge on any atom is 0.243 e. The van der Waals surface area contributed by atoms with E-state index < -0.39 is 0 Å². The number of aryl methyl sites for hydroxylation is 2. The Morgan fingerprint density at radius 1 is 1.12 bits per heavy atom. The maximum atomic E-state index is 13.0. The number of halogens is 1. The molecule has 4 nitrogen and oxygen atoms in total. The molecule has 1 aliphatic carbocycles. The third-order valence-corrected chi connectivity index (χ3v) is 4.91. The van der Waals surface area contributed by atoms with E-state index >= 15 is 0 Å². The fraction of sp³-hybridized carbons (Fsp3) is 0.333. The number of carbonyl (C=O) groups is 2. The van der Waals surface area contributed by atoms with Gasteiger partial charge in [0.1, 0.15) is 5.82 Å². The highest BCUT2D eigenvalue weighted by molar-refractivity contribution is 5.96. The predicted octanol–water partition coefficient (Wildman–Crippen LogP) is 3.64.